The van der Waals surface area contributed by atoms with Crippen molar-refractivity contribution in [2.75, 3.05) is 44.8 Å². The fourth-order valence-corrected chi connectivity index (χ4v) is 3.20. The number of amides is 2. The Morgan fingerprint density at radius 1 is 1.19 bits per heavy atom. The molecule has 0 aromatic heterocycles. The fourth-order valence-electron chi connectivity index (χ4n) is 3.20. The zero-order valence-corrected chi connectivity index (χ0v) is 14.8. The van der Waals surface area contributed by atoms with Gasteiger partial charge in [0.1, 0.15) is 11.8 Å². The highest BCUT2D eigenvalue weighted by Crippen LogP contribution is 2.28. The number of piperazine rings is 1. The van der Waals surface area contributed by atoms with Gasteiger partial charge in [-0.2, -0.15) is 0 Å². The number of methoxy groups -OCH3 is 1. The topological polar surface area (TPSA) is 88.2 Å². The second-order valence-corrected chi connectivity index (χ2v) is 6.31. The summed E-state index contributed by atoms with van der Waals surface area (Å²) in [4.78, 5) is 39.1. The number of nitrogens with one attached hydrogen (secondary N) is 1. The molecule has 2 aliphatic rings. The summed E-state index contributed by atoms with van der Waals surface area (Å²) in [5, 5.41) is 2.53. The van der Waals surface area contributed by atoms with Crippen LogP contribution in [0.3, 0.4) is 0 Å². The van der Waals surface area contributed by atoms with E-state index in [9.17, 15) is 14.4 Å². The molecule has 8 heteroatoms. The molecular formula is C18H23N3O5. The Morgan fingerprint density at radius 2 is 1.92 bits per heavy atom. The summed E-state index contributed by atoms with van der Waals surface area (Å²) in [6.07, 6.45) is 0.738. The van der Waals surface area contributed by atoms with Crippen molar-refractivity contribution in [3.63, 3.8) is 0 Å². The summed E-state index contributed by atoms with van der Waals surface area (Å²) in [6.45, 7) is 2.17. The lowest BCUT2D eigenvalue weighted by Gasteiger charge is -2.36. The van der Waals surface area contributed by atoms with Gasteiger partial charge < -0.3 is 24.6 Å². The maximum Gasteiger partial charge on any atom is 0.329 e. The average Bonchev–Trinajstić information content (AvgIpc) is 3.12. The highest BCUT2D eigenvalue weighted by molar-refractivity contribution is 5.89. The second-order valence-electron chi connectivity index (χ2n) is 6.31. The van der Waals surface area contributed by atoms with Crippen LogP contribution in [0.25, 0.3) is 0 Å². The molecule has 1 aromatic carbocycles. The molecule has 2 aliphatic heterocycles. The Labute approximate surface area is 152 Å². The average molecular weight is 361 g/mol. The lowest BCUT2D eigenvalue weighted by Crippen LogP contribution is -2.50. The number of carbonyl (C=O) groups is 3. The number of benzene rings is 1. The molecule has 8 nitrogen and oxygen atoms in total. The van der Waals surface area contributed by atoms with Gasteiger partial charge in [0.2, 0.25) is 5.91 Å². The number of ether oxygens (including phenoxy) is 2. The summed E-state index contributed by atoms with van der Waals surface area (Å²) >= 11 is 0. The van der Waals surface area contributed by atoms with Gasteiger partial charge >= 0.3 is 5.97 Å². The second kappa shape index (κ2) is 8.07. The smallest absolute Gasteiger partial charge is 0.329 e. The lowest BCUT2D eigenvalue weighted by atomic mass is 10.2. The lowest BCUT2D eigenvalue weighted by molar-refractivity contribution is -0.153. The van der Waals surface area contributed by atoms with E-state index in [1.807, 2.05) is 24.3 Å². The molecule has 2 amide bonds. The molecule has 26 heavy (non-hydrogen) atoms. The molecular weight excluding hydrogens is 338 g/mol. The summed E-state index contributed by atoms with van der Waals surface area (Å²) in [6, 6.07) is 7.15. The Kier molecular flexibility index (Phi) is 5.60. The number of esters is 1. The molecule has 2 saturated heterocycles. The van der Waals surface area contributed by atoms with Crippen LogP contribution in [-0.2, 0) is 19.1 Å². The SMILES string of the molecule is COc1ccccc1N1CCN(C(=O)COC(=O)[C@@H]2CCC(=O)N2)CC1. The molecule has 0 spiro atoms. The minimum absolute atomic E-state index is 0.161. The van der Waals surface area contributed by atoms with Crippen molar-refractivity contribution in [2.45, 2.75) is 18.9 Å². The van der Waals surface area contributed by atoms with Crippen LogP contribution in [0, 0.1) is 0 Å². The van der Waals surface area contributed by atoms with Crippen molar-refractivity contribution in [2.24, 2.45) is 0 Å². The van der Waals surface area contributed by atoms with Gasteiger partial charge in [-0.1, -0.05) is 12.1 Å². The molecule has 0 aliphatic carbocycles. The van der Waals surface area contributed by atoms with Crippen molar-refractivity contribution in [1.29, 1.82) is 0 Å². The zero-order valence-electron chi connectivity index (χ0n) is 14.8. The van der Waals surface area contributed by atoms with Crippen LogP contribution in [0.5, 0.6) is 5.75 Å². The molecule has 3 rings (SSSR count). The van der Waals surface area contributed by atoms with Gasteiger partial charge in [-0.05, 0) is 18.6 Å². The van der Waals surface area contributed by atoms with E-state index >= 15 is 0 Å². The molecule has 0 bridgehead atoms. The maximum atomic E-state index is 12.3. The minimum atomic E-state index is -0.627. The molecule has 2 fully saturated rings. The summed E-state index contributed by atoms with van der Waals surface area (Å²) in [5.74, 6) is -0.121. The summed E-state index contributed by atoms with van der Waals surface area (Å²) in [5.41, 5.74) is 1.01. The first-order valence-corrected chi connectivity index (χ1v) is 8.70. The Morgan fingerprint density at radius 3 is 2.58 bits per heavy atom. The first-order valence-electron chi connectivity index (χ1n) is 8.70. The monoisotopic (exact) mass is 361 g/mol. The number of hydrogen-bond acceptors (Lipinski definition) is 6. The van der Waals surface area contributed by atoms with Crippen LogP contribution in [0.1, 0.15) is 12.8 Å². The van der Waals surface area contributed by atoms with E-state index in [-0.39, 0.29) is 18.4 Å². The van der Waals surface area contributed by atoms with E-state index in [4.69, 9.17) is 9.47 Å². The van der Waals surface area contributed by atoms with Crippen LogP contribution in [-0.4, -0.2) is 68.6 Å². The van der Waals surface area contributed by atoms with E-state index in [1.165, 1.54) is 0 Å². The van der Waals surface area contributed by atoms with Gasteiger partial charge in [0.25, 0.3) is 5.91 Å². The zero-order chi connectivity index (χ0) is 18.5. The third-order valence-corrected chi connectivity index (χ3v) is 4.68. The normalized spacial score (nSPS) is 19.9. The van der Waals surface area contributed by atoms with Crippen molar-refractivity contribution >= 4 is 23.5 Å². The van der Waals surface area contributed by atoms with E-state index in [0.717, 1.165) is 11.4 Å². The number of nitrogens with zero attached hydrogens (tertiary/aromatic N) is 2. The first kappa shape index (κ1) is 18.0. The quantitative estimate of drug-likeness (QED) is 0.752. The highest BCUT2D eigenvalue weighted by Gasteiger charge is 2.30. The van der Waals surface area contributed by atoms with Crippen LogP contribution in [0.2, 0.25) is 0 Å². The largest absolute Gasteiger partial charge is 0.495 e. The fraction of sp³-hybridized carbons (Fsp3) is 0.500. The summed E-state index contributed by atoms with van der Waals surface area (Å²) < 4.78 is 10.4. The molecule has 1 aromatic rings. The van der Waals surface area contributed by atoms with Crippen molar-refractivity contribution < 1.29 is 23.9 Å². The van der Waals surface area contributed by atoms with E-state index in [1.54, 1.807) is 12.0 Å². The van der Waals surface area contributed by atoms with Gasteiger partial charge in [0.15, 0.2) is 6.61 Å². The van der Waals surface area contributed by atoms with Crippen LogP contribution in [0.15, 0.2) is 24.3 Å². The van der Waals surface area contributed by atoms with Crippen LogP contribution >= 0.6 is 0 Å². The molecule has 1 N–H and O–H groups in total. The van der Waals surface area contributed by atoms with Crippen LogP contribution < -0.4 is 15.0 Å². The van der Waals surface area contributed by atoms with Gasteiger partial charge in [0, 0.05) is 32.6 Å². The van der Waals surface area contributed by atoms with Gasteiger partial charge in [-0.3, -0.25) is 9.59 Å². The van der Waals surface area contributed by atoms with Gasteiger partial charge in [0.05, 0.1) is 12.8 Å². The minimum Gasteiger partial charge on any atom is -0.495 e. The molecule has 0 unspecified atom stereocenters. The van der Waals surface area contributed by atoms with E-state index in [2.05, 4.69) is 10.2 Å². The predicted molar refractivity (Wildman–Crippen MR) is 93.9 cm³/mol. The maximum absolute atomic E-state index is 12.3. The number of carbonyl (C=O) groups excluding carboxylic acids is 3. The Hall–Kier alpha value is -2.77. The highest BCUT2D eigenvalue weighted by atomic mass is 16.5. The molecule has 0 saturated carbocycles. The molecule has 2 heterocycles. The number of para-hydroxylation sites is 2. The van der Waals surface area contributed by atoms with E-state index < -0.39 is 12.0 Å². The number of anilines is 1. The third-order valence-electron chi connectivity index (χ3n) is 4.68. The van der Waals surface area contributed by atoms with Gasteiger partial charge in [-0.25, -0.2) is 4.79 Å². The van der Waals surface area contributed by atoms with Crippen molar-refractivity contribution in [3.8, 4) is 5.75 Å². The van der Waals surface area contributed by atoms with E-state index in [0.29, 0.717) is 39.0 Å². The molecule has 0 radical (unpaired) electrons. The third kappa shape index (κ3) is 4.07. The number of rotatable bonds is 5. The molecule has 1 atom stereocenters. The summed E-state index contributed by atoms with van der Waals surface area (Å²) in [7, 11) is 1.64. The first-order chi connectivity index (χ1) is 12.6. The number of hydrogen-bond donors (Lipinski definition) is 1. The predicted octanol–water partition coefficient (Wildman–Crippen LogP) is 0.166. The Balaban J connectivity index is 1.46. The Bertz CT molecular complexity index is 685. The van der Waals surface area contributed by atoms with Crippen molar-refractivity contribution in [1.82, 2.24) is 10.2 Å². The standard InChI is InChI=1S/C18H23N3O5/c1-25-15-5-3-2-4-14(15)20-8-10-21(11-9-20)17(23)12-26-18(24)13-6-7-16(22)19-13/h2-5,13H,6-12H2,1H3,(H,19,22)/t13-/m0/s1. The van der Waals surface area contributed by atoms with Crippen molar-refractivity contribution in [3.05, 3.63) is 24.3 Å². The van der Waals surface area contributed by atoms with Crippen LogP contribution in [0.4, 0.5) is 5.69 Å². The molecule has 140 valence electrons. The van der Waals surface area contributed by atoms with Gasteiger partial charge in [-0.15, -0.1) is 0 Å².